The molecule has 1 fully saturated rings. The molecule has 166 valence electrons. The molecule has 7 nitrogen and oxygen atoms in total. The van der Waals surface area contributed by atoms with Gasteiger partial charge >= 0.3 is 0 Å². The minimum absolute atomic E-state index is 0.140. The average Bonchev–Trinajstić information content (AvgIpc) is 2.78. The van der Waals surface area contributed by atoms with Crippen molar-refractivity contribution >= 4 is 34.4 Å². The van der Waals surface area contributed by atoms with E-state index in [1.54, 1.807) is 54.3 Å². The third-order valence-corrected chi connectivity index (χ3v) is 6.04. The quantitative estimate of drug-likeness (QED) is 0.635. The van der Waals surface area contributed by atoms with Crippen molar-refractivity contribution in [3.8, 4) is 16.9 Å². The topological polar surface area (TPSA) is 103 Å². The van der Waals surface area contributed by atoms with Gasteiger partial charge in [-0.05, 0) is 49.6 Å². The molecule has 0 radical (unpaired) electrons. The lowest BCUT2D eigenvalue weighted by Crippen LogP contribution is -2.43. The number of primary amides is 1. The number of aryl methyl sites for hydroxylation is 1. The van der Waals surface area contributed by atoms with Gasteiger partial charge in [0.25, 0.3) is 5.91 Å². The van der Waals surface area contributed by atoms with E-state index in [0.29, 0.717) is 59.0 Å². The molecule has 0 saturated carbocycles. The number of hydrogen-bond donors (Lipinski definition) is 1. The smallest absolute Gasteiger partial charge is 0.260 e. The summed E-state index contributed by atoms with van der Waals surface area (Å²) in [5.41, 5.74) is 6.79. The van der Waals surface area contributed by atoms with Crippen LogP contribution in [-0.2, 0) is 9.59 Å². The van der Waals surface area contributed by atoms with Crippen molar-refractivity contribution in [2.45, 2.75) is 19.8 Å². The number of fused-ring (bicyclic) bond motifs is 1. The first-order valence-corrected chi connectivity index (χ1v) is 10.7. The van der Waals surface area contributed by atoms with E-state index in [1.165, 1.54) is 0 Å². The maximum atomic E-state index is 13.1. The van der Waals surface area contributed by atoms with Gasteiger partial charge in [-0.3, -0.25) is 14.4 Å². The number of hydrogen-bond acceptors (Lipinski definition) is 5. The number of nitrogens with zero attached hydrogens (tertiary/aromatic N) is 1. The van der Waals surface area contributed by atoms with Crippen molar-refractivity contribution in [2.24, 2.45) is 11.7 Å². The number of carbonyl (C=O) groups excluding carboxylic acids is 2. The monoisotopic (exact) mass is 454 g/mol. The molecule has 0 atom stereocenters. The zero-order chi connectivity index (χ0) is 22.8. The molecule has 0 aliphatic carbocycles. The molecule has 2 N–H and O–H groups in total. The van der Waals surface area contributed by atoms with Crippen molar-refractivity contribution in [3.63, 3.8) is 0 Å². The third kappa shape index (κ3) is 4.48. The zero-order valence-corrected chi connectivity index (χ0v) is 18.4. The molecule has 1 aromatic heterocycles. The Morgan fingerprint density at radius 2 is 1.84 bits per heavy atom. The van der Waals surface area contributed by atoms with Crippen LogP contribution in [0.1, 0.15) is 18.6 Å². The number of halogens is 1. The summed E-state index contributed by atoms with van der Waals surface area (Å²) in [7, 11) is 0. The van der Waals surface area contributed by atoms with Crippen LogP contribution in [0.25, 0.3) is 22.1 Å². The summed E-state index contributed by atoms with van der Waals surface area (Å²) in [6, 6.07) is 11.9. The van der Waals surface area contributed by atoms with Crippen molar-refractivity contribution < 1.29 is 18.7 Å². The van der Waals surface area contributed by atoms with Gasteiger partial charge in [0.15, 0.2) is 6.61 Å². The Kier molecular flexibility index (Phi) is 6.19. The zero-order valence-electron chi connectivity index (χ0n) is 17.6. The molecule has 2 heterocycles. The van der Waals surface area contributed by atoms with Crippen LogP contribution < -0.4 is 15.9 Å². The van der Waals surface area contributed by atoms with Gasteiger partial charge in [0, 0.05) is 30.1 Å². The number of carbonyl (C=O) groups is 2. The van der Waals surface area contributed by atoms with Crippen LogP contribution in [0.3, 0.4) is 0 Å². The molecule has 3 aromatic rings. The Hall–Kier alpha value is -3.32. The summed E-state index contributed by atoms with van der Waals surface area (Å²) in [5.74, 6) is 0.253. The molecule has 8 heteroatoms. The van der Waals surface area contributed by atoms with E-state index in [0.717, 1.165) is 5.56 Å². The molecule has 4 rings (SSSR count). The highest BCUT2D eigenvalue weighted by Gasteiger charge is 2.26. The van der Waals surface area contributed by atoms with Crippen molar-refractivity contribution in [1.82, 2.24) is 4.90 Å². The van der Waals surface area contributed by atoms with E-state index >= 15 is 0 Å². The summed E-state index contributed by atoms with van der Waals surface area (Å²) in [5, 5.41) is 1.01. The number of ether oxygens (including phenoxy) is 1. The number of piperidine rings is 1. The van der Waals surface area contributed by atoms with Crippen LogP contribution >= 0.6 is 11.6 Å². The Labute approximate surface area is 189 Å². The normalized spacial score (nSPS) is 14.5. The van der Waals surface area contributed by atoms with E-state index in [4.69, 9.17) is 26.5 Å². The third-order valence-electron chi connectivity index (χ3n) is 5.79. The van der Waals surface area contributed by atoms with Gasteiger partial charge in [0.05, 0.1) is 10.9 Å². The van der Waals surface area contributed by atoms with Crippen LogP contribution in [0, 0.1) is 12.8 Å². The van der Waals surface area contributed by atoms with Crippen LogP contribution in [0.5, 0.6) is 5.75 Å². The fraction of sp³-hybridized carbons (Fsp3) is 0.292. The Balaban J connectivity index is 1.49. The summed E-state index contributed by atoms with van der Waals surface area (Å²) in [4.78, 5) is 38.5. The first-order chi connectivity index (χ1) is 15.3. The average molecular weight is 455 g/mol. The highest BCUT2D eigenvalue weighted by atomic mass is 35.5. The fourth-order valence-corrected chi connectivity index (χ4v) is 4.10. The predicted molar refractivity (Wildman–Crippen MR) is 122 cm³/mol. The lowest BCUT2D eigenvalue weighted by atomic mass is 9.96. The summed E-state index contributed by atoms with van der Waals surface area (Å²) < 4.78 is 11.6. The molecule has 1 saturated heterocycles. The number of benzene rings is 2. The molecule has 2 amide bonds. The lowest BCUT2D eigenvalue weighted by Gasteiger charge is -2.30. The van der Waals surface area contributed by atoms with E-state index < -0.39 is 0 Å². The molecule has 0 bridgehead atoms. The molecule has 0 unspecified atom stereocenters. The van der Waals surface area contributed by atoms with Gasteiger partial charge in [0.1, 0.15) is 17.1 Å². The number of amides is 2. The van der Waals surface area contributed by atoms with E-state index in [1.807, 2.05) is 0 Å². The van der Waals surface area contributed by atoms with Crippen LogP contribution in [-0.4, -0.2) is 36.4 Å². The maximum absolute atomic E-state index is 13.1. The van der Waals surface area contributed by atoms with Crippen LogP contribution in [0.15, 0.2) is 51.7 Å². The molecule has 32 heavy (non-hydrogen) atoms. The van der Waals surface area contributed by atoms with Crippen molar-refractivity contribution in [3.05, 3.63) is 63.5 Å². The molecule has 2 aromatic carbocycles. The van der Waals surface area contributed by atoms with Gasteiger partial charge < -0.3 is 19.8 Å². The molecule has 1 aliphatic heterocycles. The van der Waals surface area contributed by atoms with E-state index in [2.05, 4.69) is 0 Å². The highest BCUT2D eigenvalue weighted by Crippen LogP contribution is 2.27. The van der Waals surface area contributed by atoms with Crippen molar-refractivity contribution in [2.75, 3.05) is 19.7 Å². The summed E-state index contributed by atoms with van der Waals surface area (Å²) in [6.07, 6.45) is 1.13. The minimum atomic E-state index is -0.319. The van der Waals surface area contributed by atoms with E-state index in [9.17, 15) is 14.4 Å². The second-order valence-corrected chi connectivity index (χ2v) is 8.31. The Bertz CT molecular complexity index is 1230. The summed E-state index contributed by atoms with van der Waals surface area (Å²) >= 11 is 5.95. The highest BCUT2D eigenvalue weighted by molar-refractivity contribution is 6.30. The minimum Gasteiger partial charge on any atom is -0.484 e. The second kappa shape index (κ2) is 9.04. The SMILES string of the molecule is Cc1oc2cc(OCC(=O)N3CCC(C(N)=O)CC3)ccc2c(=O)c1-c1ccc(Cl)cc1. The molecule has 1 aliphatic rings. The predicted octanol–water partition coefficient (Wildman–Crippen LogP) is 3.52. The van der Waals surface area contributed by atoms with Crippen LogP contribution in [0.4, 0.5) is 0 Å². The van der Waals surface area contributed by atoms with Gasteiger partial charge in [-0.25, -0.2) is 0 Å². The van der Waals surface area contributed by atoms with Gasteiger partial charge in [-0.2, -0.15) is 0 Å². The summed E-state index contributed by atoms with van der Waals surface area (Å²) in [6.45, 7) is 2.56. The fourth-order valence-electron chi connectivity index (χ4n) is 3.98. The van der Waals surface area contributed by atoms with Gasteiger partial charge in [-0.15, -0.1) is 0 Å². The maximum Gasteiger partial charge on any atom is 0.260 e. The largest absolute Gasteiger partial charge is 0.484 e. The number of rotatable bonds is 5. The first-order valence-electron chi connectivity index (χ1n) is 10.4. The number of likely N-dealkylation sites (tertiary alicyclic amines) is 1. The molecular formula is C24H23ClN2O5. The second-order valence-electron chi connectivity index (χ2n) is 7.87. The van der Waals surface area contributed by atoms with Crippen molar-refractivity contribution in [1.29, 1.82) is 0 Å². The van der Waals surface area contributed by atoms with Gasteiger partial charge in [-0.1, -0.05) is 23.7 Å². The standard InChI is InChI=1S/C24H23ClN2O5/c1-14-22(15-2-4-17(25)5-3-15)23(29)19-7-6-18(12-20(19)32-14)31-13-21(28)27-10-8-16(9-11-27)24(26)30/h2-7,12,16H,8-11,13H2,1H3,(H2,26,30). The van der Waals surface area contributed by atoms with E-state index in [-0.39, 0.29) is 29.8 Å². The lowest BCUT2D eigenvalue weighted by molar-refractivity contribution is -0.136. The first kappa shape index (κ1) is 21.9. The Morgan fingerprint density at radius 3 is 2.50 bits per heavy atom. The van der Waals surface area contributed by atoms with Gasteiger partial charge in [0.2, 0.25) is 11.3 Å². The Morgan fingerprint density at radius 1 is 1.16 bits per heavy atom. The number of nitrogens with two attached hydrogens (primary N) is 1. The molecular weight excluding hydrogens is 432 g/mol. The van der Waals surface area contributed by atoms with Crippen LogP contribution in [0.2, 0.25) is 5.02 Å². The molecule has 0 spiro atoms.